The predicted molar refractivity (Wildman–Crippen MR) is 110 cm³/mol. The maximum absolute atomic E-state index is 12.4. The number of hydrogen-bond donors (Lipinski definition) is 4. The zero-order valence-corrected chi connectivity index (χ0v) is 17.9. The third-order valence-electron chi connectivity index (χ3n) is 5.43. The highest BCUT2D eigenvalue weighted by molar-refractivity contribution is 5.97. The van der Waals surface area contributed by atoms with E-state index in [0.29, 0.717) is 5.52 Å². The third-order valence-corrected chi connectivity index (χ3v) is 5.43. The maximum atomic E-state index is 12.4. The fourth-order valence-electron chi connectivity index (χ4n) is 3.50. The molecule has 3 rings (SSSR count). The number of nitrogens with one attached hydrogen (secondary N) is 1. The lowest BCUT2D eigenvalue weighted by Crippen LogP contribution is -2.43. The second kappa shape index (κ2) is 9.17. The standard InChI is InChI=1S/C20H26N6O6/c1-4-14(28)31-16-12(7-27)32-20(8-21,17(16)29)13-6-5-11-18(23-9-24-26(11)13)25-19(30)15(22)10(2)3/h5-6,9-10,12,15-17,27,29H,4,7,22H2,1-3H3,(H,23,24,25,30)/t12-,15+,16-,17-,20+/m1/s1. The number of nitrogens with two attached hydrogens (primary N) is 1. The first-order valence-corrected chi connectivity index (χ1v) is 10.2. The van der Waals surface area contributed by atoms with Crippen molar-refractivity contribution in [2.75, 3.05) is 11.9 Å². The first-order chi connectivity index (χ1) is 15.2. The minimum absolute atomic E-state index is 0.0454. The normalized spacial score (nSPS) is 26.1. The van der Waals surface area contributed by atoms with Gasteiger partial charge in [-0.1, -0.05) is 20.8 Å². The monoisotopic (exact) mass is 446 g/mol. The summed E-state index contributed by atoms with van der Waals surface area (Å²) < 4.78 is 12.3. The van der Waals surface area contributed by atoms with Crippen molar-refractivity contribution in [1.29, 1.82) is 5.26 Å². The molecule has 0 radical (unpaired) electrons. The minimum Gasteiger partial charge on any atom is -0.457 e. The number of carbonyl (C=O) groups is 2. The van der Waals surface area contributed by atoms with Crippen LogP contribution in [0.5, 0.6) is 0 Å². The number of fused-ring (bicyclic) bond motifs is 1. The Kier molecular flexibility index (Phi) is 6.75. The number of amides is 1. The fourth-order valence-corrected chi connectivity index (χ4v) is 3.50. The van der Waals surface area contributed by atoms with Crippen LogP contribution in [0.15, 0.2) is 18.5 Å². The number of aliphatic hydroxyl groups excluding tert-OH is 2. The zero-order valence-electron chi connectivity index (χ0n) is 17.9. The SMILES string of the molecule is CCC(=O)O[C@H]1[C@@H](O)[C@](C#N)(c2ccc3c(NC(=O)[C@@H](N)C(C)C)ncnn23)O[C@@H]1CO. The Hall–Kier alpha value is -3.11. The molecule has 0 spiro atoms. The highest BCUT2D eigenvalue weighted by Crippen LogP contribution is 2.41. The van der Waals surface area contributed by atoms with E-state index in [0.717, 1.165) is 6.33 Å². The molecule has 3 heterocycles. The molecule has 2 aromatic heterocycles. The van der Waals surface area contributed by atoms with E-state index in [2.05, 4.69) is 15.4 Å². The minimum atomic E-state index is -2.00. The number of aromatic nitrogens is 3. The summed E-state index contributed by atoms with van der Waals surface area (Å²) in [5.74, 6) is -1.00. The van der Waals surface area contributed by atoms with Crippen molar-refractivity contribution in [2.24, 2.45) is 11.7 Å². The molecule has 12 nitrogen and oxygen atoms in total. The van der Waals surface area contributed by atoms with Crippen molar-refractivity contribution < 1.29 is 29.3 Å². The van der Waals surface area contributed by atoms with Crippen LogP contribution in [0, 0.1) is 17.2 Å². The number of nitrogens with zero attached hydrogens (tertiary/aromatic N) is 4. The lowest BCUT2D eigenvalue weighted by molar-refractivity contribution is -0.156. The number of carbonyl (C=O) groups excluding carboxylic acids is 2. The third kappa shape index (κ3) is 3.91. The Morgan fingerprint density at radius 1 is 1.47 bits per heavy atom. The van der Waals surface area contributed by atoms with Crippen LogP contribution < -0.4 is 11.1 Å². The van der Waals surface area contributed by atoms with Gasteiger partial charge >= 0.3 is 5.97 Å². The molecule has 2 aromatic rings. The lowest BCUT2D eigenvalue weighted by atomic mass is 9.92. The molecule has 0 bridgehead atoms. The molecule has 1 aliphatic rings. The molecule has 0 aliphatic carbocycles. The van der Waals surface area contributed by atoms with E-state index in [4.69, 9.17) is 15.2 Å². The van der Waals surface area contributed by atoms with Crippen LogP contribution in [0.25, 0.3) is 5.52 Å². The van der Waals surface area contributed by atoms with Crippen molar-refractivity contribution in [3.05, 3.63) is 24.2 Å². The van der Waals surface area contributed by atoms with Gasteiger partial charge in [0.2, 0.25) is 11.5 Å². The van der Waals surface area contributed by atoms with E-state index < -0.39 is 48.4 Å². The van der Waals surface area contributed by atoms with Crippen molar-refractivity contribution in [2.45, 2.75) is 57.1 Å². The van der Waals surface area contributed by atoms with Crippen molar-refractivity contribution in [3.63, 3.8) is 0 Å². The van der Waals surface area contributed by atoms with Crippen LogP contribution in [-0.2, 0) is 24.7 Å². The number of esters is 1. The van der Waals surface area contributed by atoms with E-state index >= 15 is 0 Å². The largest absolute Gasteiger partial charge is 0.457 e. The number of aliphatic hydroxyl groups is 2. The molecule has 1 aliphatic heterocycles. The molecule has 172 valence electrons. The molecule has 32 heavy (non-hydrogen) atoms. The topological polar surface area (TPSA) is 185 Å². The van der Waals surface area contributed by atoms with Gasteiger partial charge in [-0.3, -0.25) is 9.59 Å². The van der Waals surface area contributed by atoms with E-state index in [1.165, 1.54) is 10.6 Å². The van der Waals surface area contributed by atoms with E-state index in [1.54, 1.807) is 13.0 Å². The summed E-state index contributed by atoms with van der Waals surface area (Å²) in [7, 11) is 0. The summed E-state index contributed by atoms with van der Waals surface area (Å²) in [5, 5.41) is 37.4. The molecule has 1 amide bonds. The quantitative estimate of drug-likeness (QED) is 0.402. The van der Waals surface area contributed by atoms with Crippen molar-refractivity contribution in [1.82, 2.24) is 14.6 Å². The Labute approximate surface area is 183 Å². The molecule has 12 heteroatoms. The molecule has 5 atom stereocenters. The zero-order chi connectivity index (χ0) is 23.6. The number of nitriles is 1. The average Bonchev–Trinajstić information content (AvgIpc) is 3.33. The van der Waals surface area contributed by atoms with Crippen molar-refractivity contribution in [3.8, 4) is 6.07 Å². The van der Waals surface area contributed by atoms with Gasteiger partial charge in [-0.15, -0.1) is 0 Å². The van der Waals surface area contributed by atoms with Crippen LogP contribution in [0.3, 0.4) is 0 Å². The predicted octanol–water partition coefficient (Wildman–Crippen LogP) is -0.556. The maximum Gasteiger partial charge on any atom is 0.305 e. The fraction of sp³-hybridized carbons (Fsp3) is 0.550. The Balaban J connectivity index is 2.02. The van der Waals surface area contributed by atoms with E-state index in [1.807, 2.05) is 19.9 Å². The smallest absolute Gasteiger partial charge is 0.305 e. The summed E-state index contributed by atoms with van der Waals surface area (Å²) in [6.45, 7) is 4.61. The van der Waals surface area contributed by atoms with Crippen LogP contribution in [0.1, 0.15) is 32.9 Å². The van der Waals surface area contributed by atoms with Gasteiger partial charge in [-0.2, -0.15) is 10.4 Å². The molecular weight excluding hydrogens is 420 g/mol. The summed E-state index contributed by atoms with van der Waals surface area (Å²) >= 11 is 0. The van der Waals surface area contributed by atoms with Crippen LogP contribution in [0.4, 0.5) is 5.82 Å². The number of anilines is 1. The van der Waals surface area contributed by atoms with E-state index in [-0.39, 0.29) is 23.9 Å². The van der Waals surface area contributed by atoms with Gasteiger partial charge in [0.1, 0.15) is 30.1 Å². The first-order valence-electron chi connectivity index (χ1n) is 10.2. The first kappa shape index (κ1) is 23.6. The van der Waals surface area contributed by atoms with Gasteiger partial charge in [-0.05, 0) is 18.1 Å². The number of rotatable bonds is 7. The number of ether oxygens (including phenoxy) is 2. The highest BCUT2D eigenvalue weighted by atomic mass is 16.6. The van der Waals surface area contributed by atoms with Gasteiger partial charge in [0.05, 0.1) is 18.3 Å². The van der Waals surface area contributed by atoms with Crippen LogP contribution in [0.2, 0.25) is 0 Å². The molecule has 0 aromatic carbocycles. The molecule has 1 fully saturated rings. The molecule has 0 saturated carbocycles. The number of hydrogen-bond acceptors (Lipinski definition) is 10. The van der Waals surface area contributed by atoms with Gasteiger partial charge in [0.25, 0.3) is 0 Å². The van der Waals surface area contributed by atoms with Gasteiger partial charge in [0, 0.05) is 6.42 Å². The second-order valence-electron chi connectivity index (χ2n) is 7.82. The molecule has 1 saturated heterocycles. The van der Waals surface area contributed by atoms with E-state index in [9.17, 15) is 25.1 Å². The molecule has 5 N–H and O–H groups in total. The highest BCUT2D eigenvalue weighted by Gasteiger charge is 2.59. The molecular formula is C20H26N6O6. The summed E-state index contributed by atoms with van der Waals surface area (Å²) in [6.07, 6.45) is -2.79. The summed E-state index contributed by atoms with van der Waals surface area (Å²) in [4.78, 5) is 28.3. The van der Waals surface area contributed by atoms with Crippen LogP contribution >= 0.6 is 0 Å². The van der Waals surface area contributed by atoms with Crippen molar-refractivity contribution >= 4 is 23.2 Å². The Morgan fingerprint density at radius 2 is 2.19 bits per heavy atom. The average molecular weight is 446 g/mol. The Morgan fingerprint density at radius 3 is 2.78 bits per heavy atom. The second-order valence-corrected chi connectivity index (χ2v) is 7.82. The van der Waals surface area contributed by atoms with Gasteiger partial charge < -0.3 is 30.7 Å². The van der Waals surface area contributed by atoms with Gasteiger partial charge in [-0.25, -0.2) is 9.50 Å². The summed E-state index contributed by atoms with van der Waals surface area (Å²) in [6, 6.07) is 4.20. The Bertz CT molecular complexity index is 1050. The summed E-state index contributed by atoms with van der Waals surface area (Å²) in [5.41, 5.74) is 4.33. The molecule has 0 unspecified atom stereocenters. The lowest BCUT2D eigenvalue weighted by Gasteiger charge is -2.24. The van der Waals surface area contributed by atoms with Gasteiger partial charge in [0.15, 0.2) is 11.9 Å². The van der Waals surface area contributed by atoms with Crippen LogP contribution in [-0.4, -0.2) is 67.6 Å².